The molecule has 0 bridgehead atoms. The fourth-order valence-corrected chi connectivity index (χ4v) is 3.32. The minimum absolute atomic E-state index is 0.125. The molecule has 5 nitrogen and oxygen atoms in total. The van der Waals surface area contributed by atoms with E-state index in [1.54, 1.807) is 18.5 Å². The number of carbonyl (C=O) groups is 1. The summed E-state index contributed by atoms with van der Waals surface area (Å²) in [5, 5.41) is 3.10. The molecule has 4 rings (SSSR count). The zero-order valence-corrected chi connectivity index (χ0v) is 14.4. The van der Waals surface area contributed by atoms with Crippen LogP contribution in [0.1, 0.15) is 17.5 Å². The van der Waals surface area contributed by atoms with Crippen molar-refractivity contribution in [2.75, 3.05) is 11.9 Å². The molecule has 1 N–H and O–H groups in total. The Hall–Kier alpha value is -3.21. The van der Waals surface area contributed by atoms with Crippen LogP contribution in [0, 0.1) is 0 Å². The average molecular weight is 344 g/mol. The number of aromatic nitrogens is 2. The van der Waals surface area contributed by atoms with Crippen molar-refractivity contribution in [3.8, 4) is 11.1 Å². The van der Waals surface area contributed by atoms with E-state index in [4.69, 9.17) is 0 Å². The normalized spacial score (nSPS) is 12.7. The Morgan fingerprint density at radius 2 is 1.46 bits per heavy atom. The minimum Gasteiger partial charge on any atom is -0.354 e. The highest BCUT2D eigenvalue weighted by Crippen LogP contribution is 2.32. The minimum atomic E-state index is 0.125. The number of nitrogens with zero attached hydrogens (tertiary/aromatic N) is 3. The van der Waals surface area contributed by atoms with Gasteiger partial charge >= 0.3 is 0 Å². The van der Waals surface area contributed by atoms with Crippen molar-refractivity contribution < 1.29 is 4.79 Å². The Kier molecular flexibility index (Phi) is 4.60. The number of rotatable bonds is 4. The third-order valence-corrected chi connectivity index (χ3v) is 4.59. The second-order valence-corrected chi connectivity index (χ2v) is 6.31. The van der Waals surface area contributed by atoms with Crippen LogP contribution in [0.4, 0.5) is 5.95 Å². The monoisotopic (exact) mass is 344 g/mol. The van der Waals surface area contributed by atoms with Gasteiger partial charge in [-0.15, -0.1) is 0 Å². The summed E-state index contributed by atoms with van der Waals surface area (Å²) in [5.41, 5.74) is 4.80. The molecule has 0 saturated heterocycles. The van der Waals surface area contributed by atoms with E-state index in [1.165, 1.54) is 22.3 Å². The van der Waals surface area contributed by atoms with Gasteiger partial charge in [0.1, 0.15) is 0 Å². The number of hydrogen-bond donors (Lipinski definition) is 1. The maximum absolute atomic E-state index is 12.8. The van der Waals surface area contributed by atoms with Gasteiger partial charge in [-0.1, -0.05) is 48.5 Å². The second-order valence-electron chi connectivity index (χ2n) is 6.31. The Morgan fingerprint density at radius 1 is 0.885 bits per heavy atom. The predicted molar refractivity (Wildman–Crippen MR) is 101 cm³/mol. The molecule has 26 heavy (non-hydrogen) atoms. The van der Waals surface area contributed by atoms with Gasteiger partial charge < -0.3 is 10.2 Å². The summed E-state index contributed by atoms with van der Waals surface area (Å²) in [6.45, 7) is 1.78. The molecule has 3 aromatic rings. The van der Waals surface area contributed by atoms with Crippen molar-refractivity contribution in [2.24, 2.45) is 0 Å². The van der Waals surface area contributed by atoms with Gasteiger partial charge in [0.2, 0.25) is 11.9 Å². The van der Waals surface area contributed by atoms with Crippen molar-refractivity contribution in [3.05, 3.63) is 78.1 Å². The molecule has 1 aliphatic heterocycles. The summed E-state index contributed by atoms with van der Waals surface area (Å²) < 4.78 is 0. The summed E-state index contributed by atoms with van der Waals surface area (Å²) in [5.74, 6) is 0.673. The third-order valence-electron chi connectivity index (χ3n) is 4.59. The molecule has 1 aliphatic rings. The highest BCUT2D eigenvalue weighted by atomic mass is 16.2. The van der Waals surface area contributed by atoms with E-state index in [2.05, 4.69) is 51.7 Å². The van der Waals surface area contributed by atoms with E-state index in [9.17, 15) is 4.79 Å². The van der Waals surface area contributed by atoms with Crippen molar-refractivity contribution >= 4 is 11.9 Å². The van der Waals surface area contributed by atoms with Crippen LogP contribution < -0.4 is 5.32 Å². The van der Waals surface area contributed by atoms with Crippen LogP contribution in [0.5, 0.6) is 0 Å². The summed E-state index contributed by atoms with van der Waals surface area (Å²) in [4.78, 5) is 23.0. The van der Waals surface area contributed by atoms with Gasteiger partial charge in [-0.3, -0.25) is 4.79 Å². The lowest BCUT2D eigenvalue weighted by molar-refractivity contribution is -0.132. The SMILES string of the molecule is O=C(CCNc1ncccn1)N1Cc2ccccc2-c2ccccc2C1. The van der Waals surface area contributed by atoms with Gasteiger partial charge in [0.15, 0.2) is 0 Å². The van der Waals surface area contributed by atoms with Crippen molar-refractivity contribution in [1.82, 2.24) is 14.9 Å². The lowest BCUT2D eigenvalue weighted by Gasteiger charge is -2.21. The molecule has 130 valence electrons. The molecule has 0 fully saturated rings. The molecule has 2 aromatic carbocycles. The molecule has 5 heteroatoms. The molecular formula is C21H20N4O. The Bertz CT molecular complexity index is 863. The smallest absolute Gasteiger partial charge is 0.224 e. The fraction of sp³-hybridized carbons (Fsp3) is 0.190. The molecule has 0 aliphatic carbocycles. The number of fused-ring (bicyclic) bond motifs is 3. The van der Waals surface area contributed by atoms with Gasteiger partial charge in [-0.25, -0.2) is 9.97 Å². The van der Waals surface area contributed by atoms with Crippen LogP contribution in [0.15, 0.2) is 67.0 Å². The van der Waals surface area contributed by atoms with E-state index in [0.29, 0.717) is 32.0 Å². The number of hydrogen-bond acceptors (Lipinski definition) is 4. The van der Waals surface area contributed by atoms with Gasteiger partial charge in [-0.2, -0.15) is 0 Å². The summed E-state index contributed by atoms with van der Waals surface area (Å²) in [6, 6.07) is 18.4. The van der Waals surface area contributed by atoms with Crippen molar-refractivity contribution in [1.29, 1.82) is 0 Å². The van der Waals surface area contributed by atoms with Crippen LogP contribution in [0.25, 0.3) is 11.1 Å². The van der Waals surface area contributed by atoms with Crippen molar-refractivity contribution in [3.63, 3.8) is 0 Å². The zero-order chi connectivity index (χ0) is 17.8. The third kappa shape index (κ3) is 3.42. The fourth-order valence-electron chi connectivity index (χ4n) is 3.32. The van der Waals surface area contributed by atoms with Gasteiger partial charge in [0.05, 0.1) is 0 Å². The van der Waals surface area contributed by atoms with E-state index < -0.39 is 0 Å². The molecule has 0 spiro atoms. The maximum atomic E-state index is 12.8. The number of amides is 1. The second kappa shape index (κ2) is 7.35. The molecule has 1 amide bonds. The van der Waals surface area contributed by atoms with Crippen LogP contribution in [-0.4, -0.2) is 27.3 Å². The van der Waals surface area contributed by atoms with Gasteiger partial charge in [-0.05, 0) is 28.3 Å². The average Bonchev–Trinajstić information content (AvgIpc) is 2.86. The molecule has 0 unspecified atom stereocenters. The first kappa shape index (κ1) is 16.3. The number of nitrogens with one attached hydrogen (secondary N) is 1. The number of anilines is 1. The number of benzene rings is 2. The zero-order valence-electron chi connectivity index (χ0n) is 14.4. The summed E-state index contributed by atoms with van der Waals surface area (Å²) in [6.07, 6.45) is 3.77. The summed E-state index contributed by atoms with van der Waals surface area (Å²) >= 11 is 0. The lowest BCUT2D eigenvalue weighted by Crippen LogP contribution is -2.30. The largest absolute Gasteiger partial charge is 0.354 e. The standard InChI is InChI=1S/C21H20N4O/c26-20(10-13-24-21-22-11-5-12-23-21)25-14-16-6-1-3-8-18(16)19-9-4-2-7-17(19)15-25/h1-9,11-12H,10,13-15H2,(H,22,23,24). The molecule has 1 aromatic heterocycles. The number of carbonyl (C=O) groups excluding carboxylic acids is 1. The highest BCUT2D eigenvalue weighted by molar-refractivity contribution is 5.79. The van der Waals surface area contributed by atoms with Gasteiger partial charge in [0.25, 0.3) is 0 Å². The first-order valence-corrected chi connectivity index (χ1v) is 8.76. The first-order valence-electron chi connectivity index (χ1n) is 8.76. The quantitative estimate of drug-likeness (QED) is 0.787. The lowest BCUT2D eigenvalue weighted by atomic mass is 9.97. The van der Waals surface area contributed by atoms with E-state index in [-0.39, 0.29) is 5.91 Å². The highest BCUT2D eigenvalue weighted by Gasteiger charge is 2.22. The van der Waals surface area contributed by atoms with E-state index >= 15 is 0 Å². The molecule has 0 radical (unpaired) electrons. The maximum Gasteiger partial charge on any atom is 0.224 e. The van der Waals surface area contributed by atoms with Crippen molar-refractivity contribution in [2.45, 2.75) is 19.5 Å². The summed E-state index contributed by atoms with van der Waals surface area (Å²) in [7, 11) is 0. The van der Waals surface area contributed by atoms with Crippen LogP contribution >= 0.6 is 0 Å². The van der Waals surface area contributed by atoms with Crippen LogP contribution in [0.3, 0.4) is 0 Å². The van der Waals surface area contributed by atoms with Crippen LogP contribution in [0.2, 0.25) is 0 Å². The molecule has 2 heterocycles. The Labute approximate surface area is 152 Å². The Balaban J connectivity index is 1.50. The molecular weight excluding hydrogens is 324 g/mol. The predicted octanol–water partition coefficient (Wildman–Crippen LogP) is 3.49. The first-order chi connectivity index (χ1) is 12.8. The molecule has 0 atom stereocenters. The van der Waals surface area contributed by atoms with E-state index in [1.807, 2.05) is 17.0 Å². The van der Waals surface area contributed by atoms with Gasteiger partial charge in [0, 0.05) is 38.4 Å². The topological polar surface area (TPSA) is 58.1 Å². The Morgan fingerprint density at radius 3 is 2.08 bits per heavy atom. The van der Waals surface area contributed by atoms with Crippen LogP contribution in [-0.2, 0) is 17.9 Å². The van der Waals surface area contributed by atoms with E-state index in [0.717, 1.165) is 0 Å². The molecule has 0 saturated carbocycles.